The van der Waals surface area contributed by atoms with Gasteiger partial charge in [-0.3, -0.25) is 4.98 Å². The van der Waals surface area contributed by atoms with Gasteiger partial charge >= 0.3 is 0 Å². The van der Waals surface area contributed by atoms with E-state index in [1.165, 1.54) is 0 Å². The number of methoxy groups -OCH3 is 2. The van der Waals surface area contributed by atoms with Gasteiger partial charge in [-0.25, -0.2) is 4.98 Å². The zero-order chi connectivity index (χ0) is 14.7. The van der Waals surface area contributed by atoms with Gasteiger partial charge in [0.2, 0.25) is 0 Å². The molecule has 106 valence electrons. The van der Waals surface area contributed by atoms with Crippen LogP contribution in [0.2, 0.25) is 0 Å². The predicted octanol–water partition coefficient (Wildman–Crippen LogP) is 3.16. The second kappa shape index (κ2) is 5.66. The van der Waals surface area contributed by atoms with Crippen molar-refractivity contribution in [1.29, 1.82) is 0 Å². The van der Waals surface area contributed by atoms with E-state index >= 15 is 0 Å². The number of rotatable bonds is 4. The lowest BCUT2D eigenvalue weighted by atomic mass is 10.1. The van der Waals surface area contributed by atoms with Crippen LogP contribution >= 0.6 is 0 Å². The lowest BCUT2D eigenvalue weighted by Crippen LogP contribution is -1.94. The quantitative estimate of drug-likeness (QED) is 0.798. The SMILES string of the molecule is COc1cccc(-c2ncc(-c3cccnc3)[nH]2)c1OC. The third-order valence-corrected chi connectivity index (χ3v) is 3.21. The summed E-state index contributed by atoms with van der Waals surface area (Å²) in [7, 11) is 3.23. The lowest BCUT2D eigenvalue weighted by Gasteiger charge is -2.10. The number of aromatic nitrogens is 3. The summed E-state index contributed by atoms with van der Waals surface area (Å²) in [5.74, 6) is 2.06. The van der Waals surface area contributed by atoms with Gasteiger partial charge in [0.15, 0.2) is 11.5 Å². The first-order chi connectivity index (χ1) is 10.3. The summed E-state index contributed by atoms with van der Waals surface area (Å²) < 4.78 is 10.8. The fourth-order valence-corrected chi connectivity index (χ4v) is 2.20. The van der Waals surface area contributed by atoms with E-state index in [2.05, 4.69) is 15.0 Å². The molecule has 0 aliphatic heterocycles. The summed E-state index contributed by atoms with van der Waals surface area (Å²) in [4.78, 5) is 11.8. The smallest absolute Gasteiger partial charge is 0.171 e. The molecule has 0 spiro atoms. The van der Waals surface area contributed by atoms with Crippen LogP contribution in [-0.2, 0) is 0 Å². The van der Waals surface area contributed by atoms with Gasteiger partial charge in [0.05, 0.1) is 31.7 Å². The number of hydrogen-bond donors (Lipinski definition) is 1. The summed E-state index contributed by atoms with van der Waals surface area (Å²) in [6.07, 6.45) is 5.32. The molecule has 0 aliphatic rings. The van der Waals surface area contributed by atoms with E-state index in [9.17, 15) is 0 Å². The Balaban J connectivity index is 2.05. The number of imidazole rings is 1. The average molecular weight is 281 g/mol. The summed E-state index contributed by atoms with van der Waals surface area (Å²) in [5.41, 5.74) is 2.74. The van der Waals surface area contributed by atoms with Gasteiger partial charge in [0.25, 0.3) is 0 Å². The number of para-hydroxylation sites is 1. The molecule has 0 amide bonds. The van der Waals surface area contributed by atoms with Gasteiger partial charge in [-0.05, 0) is 24.3 Å². The summed E-state index contributed by atoms with van der Waals surface area (Å²) in [5, 5.41) is 0. The van der Waals surface area contributed by atoms with Crippen molar-refractivity contribution in [2.24, 2.45) is 0 Å². The molecule has 0 atom stereocenters. The minimum atomic E-state index is 0.659. The van der Waals surface area contributed by atoms with Gasteiger partial charge in [-0.15, -0.1) is 0 Å². The number of H-pyrrole nitrogens is 1. The standard InChI is InChI=1S/C16H15N3O2/c1-20-14-7-3-6-12(15(14)21-2)16-18-10-13(19-16)11-5-4-8-17-9-11/h3-10H,1-2H3,(H,18,19). The van der Waals surface area contributed by atoms with Crippen LogP contribution in [0.4, 0.5) is 0 Å². The van der Waals surface area contributed by atoms with E-state index in [1.807, 2.05) is 30.3 Å². The third-order valence-electron chi connectivity index (χ3n) is 3.21. The number of nitrogens with zero attached hydrogens (tertiary/aromatic N) is 2. The molecule has 0 unspecified atom stereocenters. The van der Waals surface area contributed by atoms with Crippen LogP contribution in [0.3, 0.4) is 0 Å². The molecule has 2 heterocycles. The first-order valence-corrected chi connectivity index (χ1v) is 6.50. The Labute approximate surface area is 122 Å². The summed E-state index contributed by atoms with van der Waals surface area (Å²) in [6.45, 7) is 0. The normalized spacial score (nSPS) is 10.4. The van der Waals surface area contributed by atoms with Gasteiger partial charge in [0.1, 0.15) is 5.82 Å². The van der Waals surface area contributed by atoms with E-state index in [4.69, 9.17) is 9.47 Å². The van der Waals surface area contributed by atoms with Crippen molar-refractivity contribution in [2.45, 2.75) is 0 Å². The molecule has 1 N–H and O–H groups in total. The number of pyridine rings is 1. The summed E-state index contributed by atoms with van der Waals surface area (Å²) in [6, 6.07) is 9.57. The van der Waals surface area contributed by atoms with E-state index in [-0.39, 0.29) is 0 Å². The maximum atomic E-state index is 5.44. The maximum absolute atomic E-state index is 5.44. The molecular weight excluding hydrogens is 266 g/mol. The molecule has 21 heavy (non-hydrogen) atoms. The molecule has 0 fully saturated rings. The van der Waals surface area contributed by atoms with Gasteiger partial charge < -0.3 is 14.5 Å². The Bertz CT molecular complexity index is 738. The second-order valence-corrected chi connectivity index (χ2v) is 4.43. The molecule has 0 saturated carbocycles. The Morgan fingerprint density at radius 2 is 1.90 bits per heavy atom. The highest BCUT2D eigenvalue weighted by atomic mass is 16.5. The molecule has 0 aliphatic carbocycles. The first-order valence-electron chi connectivity index (χ1n) is 6.50. The molecule has 5 nitrogen and oxygen atoms in total. The predicted molar refractivity (Wildman–Crippen MR) is 80.4 cm³/mol. The minimum Gasteiger partial charge on any atom is -0.493 e. The lowest BCUT2D eigenvalue weighted by molar-refractivity contribution is 0.356. The number of ether oxygens (including phenoxy) is 2. The highest BCUT2D eigenvalue weighted by Crippen LogP contribution is 2.36. The van der Waals surface area contributed by atoms with Gasteiger partial charge in [-0.2, -0.15) is 0 Å². The monoisotopic (exact) mass is 281 g/mol. The van der Waals surface area contributed by atoms with Crippen molar-refractivity contribution in [3.8, 4) is 34.1 Å². The van der Waals surface area contributed by atoms with Gasteiger partial charge in [0, 0.05) is 18.0 Å². The molecule has 2 aromatic heterocycles. The van der Waals surface area contributed by atoms with E-state index in [0.717, 1.165) is 22.6 Å². The number of nitrogens with one attached hydrogen (secondary N) is 1. The minimum absolute atomic E-state index is 0.659. The molecular formula is C16H15N3O2. The zero-order valence-electron chi connectivity index (χ0n) is 11.8. The van der Waals surface area contributed by atoms with E-state index in [1.54, 1.807) is 32.8 Å². The maximum Gasteiger partial charge on any atom is 0.171 e. The van der Waals surface area contributed by atoms with Crippen LogP contribution in [0.5, 0.6) is 11.5 Å². The van der Waals surface area contributed by atoms with Crippen molar-refractivity contribution < 1.29 is 9.47 Å². The fraction of sp³-hybridized carbons (Fsp3) is 0.125. The average Bonchev–Trinajstić information content (AvgIpc) is 3.04. The number of benzene rings is 1. The molecule has 3 rings (SSSR count). The Morgan fingerprint density at radius 1 is 1.00 bits per heavy atom. The molecule has 0 saturated heterocycles. The van der Waals surface area contributed by atoms with E-state index < -0.39 is 0 Å². The topological polar surface area (TPSA) is 60.0 Å². The summed E-state index contributed by atoms with van der Waals surface area (Å²) >= 11 is 0. The highest BCUT2D eigenvalue weighted by molar-refractivity contribution is 5.71. The Kier molecular flexibility index (Phi) is 3.55. The number of aromatic amines is 1. The second-order valence-electron chi connectivity index (χ2n) is 4.43. The van der Waals surface area contributed by atoms with Crippen LogP contribution in [0.25, 0.3) is 22.6 Å². The van der Waals surface area contributed by atoms with Gasteiger partial charge in [-0.1, -0.05) is 6.07 Å². The molecule has 1 aromatic carbocycles. The molecule has 0 bridgehead atoms. The molecule has 5 heteroatoms. The van der Waals surface area contributed by atoms with Crippen LogP contribution < -0.4 is 9.47 Å². The fourth-order valence-electron chi connectivity index (χ4n) is 2.20. The zero-order valence-corrected chi connectivity index (χ0v) is 11.8. The van der Waals surface area contributed by atoms with Crippen LogP contribution in [0.1, 0.15) is 0 Å². The third kappa shape index (κ3) is 2.45. The van der Waals surface area contributed by atoms with Crippen molar-refractivity contribution >= 4 is 0 Å². The molecule has 3 aromatic rings. The van der Waals surface area contributed by atoms with Crippen molar-refractivity contribution in [3.05, 3.63) is 48.9 Å². The van der Waals surface area contributed by atoms with Crippen molar-refractivity contribution in [3.63, 3.8) is 0 Å². The first kappa shape index (κ1) is 13.2. The van der Waals surface area contributed by atoms with Crippen molar-refractivity contribution in [2.75, 3.05) is 14.2 Å². The molecule has 0 radical (unpaired) electrons. The highest BCUT2D eigenvalue weighted by Gasteiger charge is 2.14. The number of hydrogen-bond acceptors (Lipinski definition) is 4. The largest absolute Gasteiger partial charge is 0.493 e. The van der Waals surface area contributed by atoms with Crippen LogP contribution in [0, 0.1) is 0 Å². The van der Waals surface area contributed by atoms with Crippen molar-refractivity contribution in [1.82, 2.24) is 15.0 Å². The van der Waals surface area contributed by atoms with Crippen LogP contribution in [0.15, 0.2) is 48.9 Å². The Hall–Kier alpha value is -2.82. The Morgan fingerprint density at radius 3 is 2.62 bits per heavy atom. The van der Waals surface area contributed by atoms with Crippen LogP contribution in [-0.4, -0.2) is 29.2 Å². The van der Waals surface area contributed by atoms with E-state index in [0.29, 0.717) is 11.5 Å².